The Bertz CT molecular complexity index is 1350. The van der Waals surface area contributed by atoms with Crippen molar-refractivity contribution < 1.29 is 22.7 Å². The fourth-order valence-electron chi connectivity index (χ4n) is 4.52. The molecule has 36 heavy (non-hydrogen) atoms. The second kappa shape index (κ2) is 11.0. The first kappa shape index (κ1) is 26.2. The number of hydrogen-bond acceptors (Lipinski definition) is 5. The molecule has 0 bridgehead atoms. The molecule has 0 fully saturated rings. The van der Waals surface area contributed by atoms with Crippen LogP contribution in [0.4, 0.5) is 5.69 Å². The summed E-state index contributed by atoms with van der Waals surface area (Å²) >= 11 is 3.49. The molecule has 0 saturated carbocycles. The van der Waals surface area contributed by atoms with E-state index in [2.05, 4.69) is 15.9 Å². The van der Waals surface area contributed by atoms with Crippen molar-refractivity contribution in [2.24, 2.45) is 0 Å². The number of anilines is 1. The normalized spacial score (nSPS) is 15.1. The maximum Gasteiger partial charge on any atom is 0.243 e. The molecular weight excluding hydrogens is 544 g/mol. The molecule has 1 heterocycles. The molecule has 4 rings (SSSR count). The Morgan fingerprint density at radius 3 is 2.44 bits per heavy atom. The molecule has 9 heteroatoms. The van der Waals surface area contributed by atoms with Crippen LogP contribution in [0.3, 0.4) is 0 Å². The summed E-state index contributed by atoms with van der Waals surface area (Å²) < 4.78 is 40.4. The zero-order chi connectivity index (χ0) is 25.9. The van der Waals surface area contributed by atoms with Crippen molar-refractivity contribution >= 4 is 37.5 Å². The van der Waals surface area contributed by atoms with Gasteiger partial charge in [0, 0.05) is 28.8 Å². The molecule has 1 aliphatic heterocycles. The lowest BCUT2D eigenvalue weighted by molar-refractivity contribution is -0.119. The maximum atomic E-state index is 13.8. The lowest BCUT2D eigenvalue weighted by Crippen LogP contribution is -2.45. The minimum absolute atomic E-state index is 0.0415. The van der Waals surface area contributed by atoms with Gasteiger partial charge in [0.1, 0.15) is 0 Å². The SMILES string of the molecule is COc1ccc(S(=O)(=O)N(CCc2ccccc2)CC(=O)N2c3ccc(Br)cc3C[C@@H]2C)cc1OC. The topological polar surface area (TPSA) is 76.2 Å². The fourth-order valence-corrected chi connectivity index (χ4v) is 6.33. The van der Waals surface area contributed by atoms with Gasteiger partial charge in [0.05, 0.1) is 25.7 Å². The van der Waals surface area contributed by atoms with Crippen LogP contribution in [0.5, 0.6) is 11.5 Å². The van der Waals surface area contributed by atoms with Gasteiger partial charge in [0.15, 0.2) is 11.5 Å². The first-order valence-electron chi connectivity index (χ1n) is 11.6. The van der Waals surface area contributed by atoms with E-state index in [0.29, 0.717) is 24.3 Å². The van der Waals surface area contributed by atoms with Crippen LogP contribution in [-0.4, -0.2) is 52.0 Å². The van der Waals surface area contributed by atoms with E-state index < -0.39 is 10.0 Å². The molecule has 0 saturated heterocycles. The molecule has 3 aromatic rings. The molecule has 1 atom stereocenters. The highest BCUT2D eigenvalue weighted by molar-refractivity contribution is 9.10. The van der Waals surface area contributed by atoms with Gasteiger partial charge in [-0.25, -0.2) is 8.42 Å². The molecule has 3 aromatic carbocycles. The lowest BCUT2D eigenvalue weighted by Gasteiger charge is -2.28. The van der Waals surface area contributed by atoms with Crippen LogP contribution < -0.4 is 14.4 Å². The van der Waals surface area contributed by atoms with Crippen molar-refractivity contribution in [3.05, 3.63) is 82.3 Å². The number of carbonyl (C=O) groups is 1. The van der Waals surface area contributed by atoms with Crippen LogP contribution in [-0.2, 0) is 27.7 Å². The first-order chi connectivity index (χ1) is 17.2. The number of ether oxygens (including phenoxy) is 2. The van der Waals surface area contributed by atoms with Gasteiger partial charge < -0.3 is 14.4 Å². The zero-order valence-corrected chi connectivity index (χ0v) is 22.9. The average Bonchev–Trinajstić information content (AvgIpc) is 3.21. The summed E-state index contributed by atoms with van der Waals surface area (Å²) in [5, 5.41) is 0. The molecule has 0 aromatic heterocycles. The Morgan fingerprint density at radius 1 is 1.03 bits per heavy atom. The highest BCUT2D eigenvalue weighted by atomic mass is 79.9. The number of carbonyl (C=O) groups excluding carboxylic acids is 1. The monoisotopic (exact) mass is 572 g/mol. The Kier molecular flexibility index (Phi) is 8.02. The molecule has 0 spiro atoms. The summed E-state index contributed by atoms with van der Waals surface area (Å²) in [6.07, 6.45) is 1.19. The fraction of sp³-hybridized carbons (Fsp3) is 0.296. The van der Waals surface area contributed by atoms with E-state index in [9.17, 15) is 13.2 Å². The van der Waals surface area contributed by atoms with Crippen LogP contribution in [0.2, 0.25) is 0 Å². The van der Waals surface area contributed by atoms with Crippen molar-refractivity contribution in [3.63, 3.8) is 0 Å². The highest BCUT2D eigenvalue weighted by Gasteiger charge is 2.35. The Hall–Kier alpha value is -2.88. The van der Waals surface area contributed by atoms with Gasteiger partial charge in [-0.1, -0.05) is 46.3 Å². The number of methoxy groups -OCH3 is 2. The Balaban J connectivity index is 1.65. The van der Waals surface area contributed by atoms with Crippen molar-refractivity contribution in [2.45, 2.75) is 30.7 Å². The third-order valence-electron chi connectivity index (χ3n) is 6.32. The molecule has 0 aliphatic carbocycles. The number of nitrogens with zero attached hydrogens (tertiary/aromatic N) is 2. The number of rotatable bonds is 9. The van der Waals surface area contributed by atoms with E-state index in [4.69, 9.17) is 9.47 Å². The van der Waals surface area contributed by atoms with E-state index in [1.807, 2.05) is 55.5 Å². The second-order valence-electron chi connectivity index (χ2n) is 8.68. The summed E-state index contributed by atoms with van der Waals surface area (Å²) in [4.78, 5) is 15.3. The van der Waals surface area contributed by atoms with Gasteiger partial charge in [0.2, 0.25) is 15.9 Å². The number of sulfonamides is 1. The van der Waals surface area contributed by atoms with Gasteiger partial charge in [-0.2, -0.15) is 4.31 Å². The van der Waals surface area contributed by atoms with Gasteiger partial charge in [-0.05, 0) is 61.2 Å². The Morgan fingerprint density at radius 2 is 1.75 bits per heavy atom. The zero-order valence-electron chi connectivity index (χ0n) is 20.5. The van der Waals surface area contributed by atoms with Gasteiger partial charge in [-0.3, -0.25) is 4.79 Å². The van der Waals surface area contributed by atoms with E-state index >= 15 is 0 Å². The van der Waals surface area contributed by atoms with Gasteiger partial charge in [-0.15, -0.1) is 0 Å². The molecular formula is C27H29BrN2O5S. The van der Waals surface area contributed by atoms with Gasteiger partial charge >= 0.3 is 0 Å². The van der Waals surface area contributed by atoms with E-state index in [-0.39, 0.29) is 29.9 Å². The smallest absolute Gasteiger partial charge is 0.243 e. The predicted molar refractivity (Wildman–Crippen MR) is 143 cm³/mol. The van der Waals surface area contributed by atoms with Crippen molar-refractivity contribution in [3.8, 4) is 11.5 Å². The standard InChI is InChI=1S/C27H29BrN2O5S/c1-19-15-21-16-22(28)9-11-24(21)30(19)27(31)18-29(14-13-20-7-5-4-6-8-20)36(32,33)23-10-12-25(34-2)26(17-23)35-3/h4-12,16-17,19H,13-15,18H2,1-3H3/t19-/m0/s1. The molecule has 0 unspecified atom stereocenters. The molecule has 0 N–H and O–H groups in total. The summed E-state index contributed by atoms with van der Waals surface area (Å²) in [7, 11) is -1.07. The van der Waals surface area contributed by atoms with Crippen LogP contribution in [0.1, 0.15) is 18.1 Å². The van der Waals surface area contributed by atoms with Crippen LogP contribution in [0.25, 0.3) is 0 Å². The van der Waals surface area contributed by atoms with E-state index in [1.165, 1.54) is 30.7 Å². The number of amides is 1. The summed E-state index contributed by atoms with van der Waals surface area (Å²) in [6, 6.07) is 19.8. The summed E-state index contributed by atoms with van der Waals surface area (Å²) in [5.74, 6) is 0.471. The first-order valence-corrected chi connectivity index (χ1v) is 13.8. The van der Waals surface area contributed by atoms with Crippen molar-refractivity contribution in [2.75, 3.05) is 32.2 Å². The summed E-state index contributed by atoms with van der Waals surface area (Å²) in [5.41, 5.74) is 2.87. The third-order valence-corrected chi connectivity index (χ3v) is 8.66. The van der Waals surface area contributed by atoms with Crippen molar-refractivity contribution in [1.29, 1.82) is 0 Å². The molecule has 190 valence electrons. The van der Waals surface area contributed by atoms with Crippen LogP contribution in [0, 0.1) is 0 Å². The van der Waals surface area contributed by atoms with E-state index in [1.54, 1.807) is 11.0 Å². The van der Waals surface area contributed by atoms with E-state index in [0.717, 1.165) is 21.3 Å². The van der Waals surface area contributed by atoms with Crippen LogP contribution >= 0.6 is 15.9 Å². The number of halogens is 1. The summed E-state index contributed by atoms with van der Waals surface area (Å²) in [6.45, 7) is 1.86. The largest absolute Gasteiger partial charge is 0.493 e. The second-order valence-corrected chi connectivity index (χ2v) is 11.5. The van der Waals surface area contributed by atoms with Gasteiger partial charge in [0.25, 0.3) is 0 Å². The maximum absolute atomic E-state index is 13.8. The molecule has 7 nitrogen and oxygen atoms in total. The number of fused-ring (bicyclic) bond motifs is 1. The minimum Gasteiger partial charge on any atom is -0.493 e. The highest BCUT2D eigenvalue weighted by Crippen LogP contribution is 2.35. The number of hydrogen-bond donors (Lipinski definition) is 0. The van der Waals surface area contributed by atoms with Crippen LogP contribution in [0.15, 0.2) is 76.1 Å². The number of benzene rings is 3. The molecule has 1 amide bonds. The Labute approximate surface area is 220 Å². The third kappa shape index (κ3) is 5.43. The average molecular weight is 574 g/mol. The van der Waals surface area contributed by atoms with Crippen molar-refractivity contribution in [1.82, 2.24) is 4.31 Å². The lowest BCUT2D eigenvalue weighted by atomic mass is 10.1. The predicted octanol–water partition coefficient (Wildman–Crippen LogP) is 4.68. The minimum atomic E-state index is -4.01. The molecule has 1 aliphatic rings. The molecule has 0 radical (unpaired) electrons. The quantitative estimate of drug-likeness (QED) is 0.372.